The van der Waals surface area contributed by atoms with E-state index in [-0.39, 0.29) is 130 Å². The molecule has 6 amide bonds. The van der Waals surface area contributed by atoms with Gasteiger partial charge in [-0.05, 0) is 132 Å². The summed E-state index contributed by atoms with van der Waals surface area (Å²) in [5.74, 6) is -13.7. The molecule has 730 valence electrons. The number of carbonyl (C=O) groups is 12. The van der Waals surface area contributed by atoms with Crippen LogP contribution < -0.4 is 62.8 Å². The van der Waals surface area contributed by atoms with Crippen molar-refractivity contribution in [3.05, 3.63) is 174 Å². The second-order valence-electron chi connectivity index (χ2n) is 33.1. The third-order valence-corrected chi connectivity index (χ3v) is 26.6. The fourth-order valence-corrected chi connectivity index (χ4v) is 19.9. The van der Waals surface area contributed by atoms with E-state index in [2.05, 4.69) is 71.9 Å². The molecule has 0 aliphatic carbocycles. The number of carboxylic acids is 4. The van der Waals surface area contributed by atoms with Crippen molar-refractivity contribution in [3.8, 4) is 0 Å². The molecule has 8 aromatic rings. The van der Waals surface area contributed by atoms with Gasteiger partial charge in [-0.2, -0.15) is 17.9 Å². The lowest BCUT2D eigenvalue weighted by atomic mass is 10.1. The van der Waals surface area contributed by atoms with E-state index in [0.29, 0.717) is 50.8 Å². The SMILES string of the molecule is CC[C@H](NC(=O)CC[C@H](NC(=O)CN1CCN(CC(=O)O)CCN(CC(=O)O)CCN(CC(=O)O)CC1)C(=O)N[C@@H](CS(=O)(=O)O)C(=O)CCCn1cc(C(=O)NCC(NS(=O)(=O)c2c(C)cc(C)cc2C)C(C)=O)c(=O)c2ccc(CNc3ncc[nH]3)cc21)C(=O)NCCCn1cc(C(=O)NCC(NS(=O)(=O)c2c(C)cc(C)cc2C)C(=O)O)c(=O)c2ccc(CNc3ncc[nH]3)cc21. The van der Waals surface area contributed by atoms with E-state index < -0.39 is 218 Å². The van der Waals surface area contributed by atoms with Gasteiger partial charge in [0.05, 0.1) is 53.0 Å². The Morgan fingerprint density at radius 3 is 1.30 bits per heavy atom. The zero-order valence-electron chi connectivity index (χ0n) is 75.7. The van der Waals surface area contributed by atoms with Gasteiger partial charge in [0.15, 0.2) is 17.7 Å². The van der Waals surface area contributed by atoms with E-state index in [1.807, 2.05) is 0 Å². The number of anilines is 2. The van der Waals surface area contributed by atoms with Gasteiger partial charge in [-0.15, -0.1) is 0 Å². The monoisotopic (exact) mass is 1930 g/mol. The lowest BCUT2D eigenvalue weighted by Gasteiger charge is -2.33. The summed E-state index contributed by atoms with van der Waals surface area (Å²) in [6.07, 6.45) is 6.37. The summed E-state index contributed by atoms with van der Waals surface area (Å²) in [5.41, 5.74) is 2.21. The van der Waals surface area contributed by atoms with Crippen molar-refractivity contribution in [2.75, 3.05) is 115 Å². The zero-order valence-corrected chi connectivity index (χ0v) is 78.2. The molecule has 2 unspecified atom stereocenters. The number of rotatable bonds is 48. The Morgan fingerprint density at radius 1 is 0.481 bits per heavy atom. The maximum absolute atomic E-state index is 15.0. The van der Waals surface area contributed by atoms with Gasteiger partial charge in [-0.25, -0.2) is 26.8 Å². The molecule has 17 N–H and O–H groups in total. The number of amides is 6. The van der Waals surface area contributed by atoms with Gasteiger partial charge in [0.2, 0.25) is 54.5 Å². The number of nitrogens with one attached hydrogen (secondary N) is 12. The molecule has 1 saturated heterocycles. The van der Waals surface area contributed by atoms with E-state index in [0.717, 1.165) is 24.2 Å². The number of carbonyl (C=O) groups excluding carboxylic acids is 8. The summed E-state index contributed by atoms with van der Waals surface area (Å²) in [6, 6.07) is 7.18. The number of Topliss-reactive ketones (excluding diaryl/α,β-unsaturated/α-hetero) is 2. The number of sulfonamides is 2. The Labute approximate surface area is 777 Å². The number of carboxylic acid groups (broad SMARTS) is 4. The van der Waals surface area contributed by atoms with Crippen molar-refractivity contribution < 1.29 is 108 Å². The molecule has 4 aromatic heterocycles. The first-order valence-electron chi connectivity index (χ1n) is 43.2. The molecule has 48 heteroatoms. The van der Waals surface area contributed by atoms with Crippen molar-refractivity contribution >= 4 is 135 Å². The molecule has 135 heavy (non-hydrogen) atoms. The van der Waals surface area contributed by atoms with Crippen LogP contribution in [0, 0.1) is 41.5 Å². The number of aryl methyl sites for hydroxylation is 8. The van der Waals surface area contributed by atoms with Crippen LogP contribution >= 0.6 is 0 Å². The predicted octanol–water partition coefficient (Wildman–Crippen LogP) is 0.228. The highest BCUT2D eigenvalue weighted by Crippen LogP contribution is 2.26. The second-order valence-corrected chi connectivity index (χ2v) is 37.9. The molecule has 4 aromatic carbocycles. The minimum absolute atomic E-state index is 0.00542. The number of aromatic amines is 2. The van der Waals surface area contributed by atoms with Gasteiger partial charge in [0.25, 0.3) is 21.9 Å². The van der Waals surface area contributed by atoms with Crippen LogP contribution in [0.1, 0.15) is 118 Å². The molecule has 1 fully saturated rings. The second kappa shape index (κ2) is 48.2. The van der Waals surface area contributed by atoms with Gasteiger partial charge in [0, 0.05) is 159 Å². The first-order chi connectivity index (χ1) is 63.7. The Balaban J connectivity index is 0.941. The van der Waals surface area contributed by atoms with Crippen molar-refractivity contribution in [3.63, 3.8) is 0 Å². The van der Waals surface area contributed by atoms with Crippen LogP contribution in [0.3, 0.4) is 0 Å². The highest BCUT2D eigenvalue weighted by atomic mass is 32.2. The Hall–Kier alpha value is -13.1. The van der Waals surface area contributed by atoms with Crippen LogP contribution in [0.4, 0.5) is 11.9 Å². The van der Waals surface area contributed by atoms with E-state index in [9.17, 15) is 117 Å². The molecule has 45 nitrogen and oxygen atoms in total. The van der Waals surface area contributed by atoms with Gasteiger partial charge in [-0.3, -0.25) is 91.3 Å². The van der Waals surface area contributed by atoms with E-state index in [1.54, 1.807) is 114 Å². The molecule has 1 aliphatic heterocycles. The quantitative estimate of drug-likeness (QED) is 0.0179. The Bertz CT molecular complexity index is 6130. The maximum atomic E-state index is 15.0. The first-order valence-corrected chi connectivity index (χ1v) is 47.8. The summed E-state index contributed by atoms with van der Waals surface area (Å²) < 4.78 is 98.8. The van der Waals surface area contributed by atoms with E-state index in [4.69, 9.17) is 0 Å². The number of aliphatic carboxylic acids is 4. The lowest BCUT2D eigenvalue weighted by molar-refractivity contribution is -0.140. The number of benzene rings is 4. The number of aromatic nitrogens is 6. The molecule has 1 aliphatic rings. The number of imidazole rings is 2. The fraction of sp³-hybridized carbons (Fsp3) is 0.448. The van der Waals surface area contributed by atoms with Crippen molar-refractivity contribution in [1.82, 2.24) is 90.0 Å². The minimum Gasteiger partial charge on any atom is -0.480 e. The molecule has 0 spiro atoms. The molecular weight excluding hydrogens is 1820 g/mol. The Kier molecular flexibility index (Phi) is 37.7. The molecule has 5 heterocycles. The number of H-pyrrole nitrogens is 2. The molecule has 0 saturated carbocycles. The summed E-state index contributed by atoms with van der Waals surface area (Å²) in [5, 5.41) is 61.0. The van der Waals surface area contributed by atoms with Crippen LogP contribution in [-0.4, -0.2) is 304 Å². The molecular formula is C87H114N20O25S3. The largest absolute Gasteiger partial charge is 0.480 e. The normalized spacial score (nSPS) is 14.6. The fourth-order valence-electron chi connectivity index (χ4n) is 15.9. The summed E-state index contributed by atoms with van der Waals surface area (Å²) in [4.78, 5) is 211. The van der Waals surface area contributed by atoms with Crippen LogP contribution in [0.15, 0.2) is 117 Å². The summed E-state index contributed by atoms with van der Waals surface area (Å²) in [6.45, 7) is 8.60. The number of pyridine rings is 2. The smallest absolute Gasteiger partial charge is 0.323 e. The van der Waals surface area contributed by atoms with E-state index in [1.165, 1.54) is 54.9 Å². The number of fused-ring (bicyclic) bond motifs is 2. The number of ketones is 2. The summed E-state index contributed by atoms with van der Waals surface area (Å²) >= 11 is 0. The van der Waals surface area contributed by atoms with Gasteiger partial charge >= 0.3 is 23.9 Å². The van der Waals surface area contributed by atoms with Crippen molar-refractivity contribution in [1.29, 1.82) is 0 Å². The van der Waals surface area contributed by atoms with Crippen LogP contribution in [-0.2, 0) is 104 Å². The molecule has 9 rings (SSSR count). The average Bonchev–Trinajstić information content (AvgIpc) is 1.28. The van der Waals surface area contributed by atoms with Gasteiger partial charge < -0.3 is 82.1 Å². The topological polar surface area (TPSA) is 643 Å². The maximum Gasteiger partial charge on any atom is 0.323 e. The van der Waals surface area contributed by atoms with Gasteiger partial charge in [-0.1, -0.05) is 54.4 Å². The highest BCUT2D eigenvalue weighted by Gasteiger charge is 2.35. The molecule has 5 atom stereocenters. The van der Waals surface area contributed by atoms with E-state index >= 15 is 0 Å². The van der Waals surface area contributed by atoms with Crippen LogP contribution in [0.25, 0.3) is 21.8 Å². The highest BCUT2D eigenvalue weighted by molar-refractivity contribution is 7.90. The number of nitrogens with zero attached hydrogens (tertiary/aromatic N) is 8. The zero-order chi connectivity index (χ0) is 98.9. The van der Waals surface area contributed by atoms with Crippen LogP contribution in [0.5, 0.6) is 0 Å². The third-order valence-electron chi connectivity index (χ3n) is 22.3. The van der Waals surface area contributed by atoms with Crippen LogP contribution in [0.2, 0.25) is 0 Å². The van der Waals surface area contributed by atoms with Crippen molar-refractivity contribution in [2.24, 2.45) is 0 Å². The average molecular weight is 1940 g/mol. The Morgan fingerprint density at radius 2 is 0.896 bits per heavy atom. The van der Waals surface area contributed by atoms with Gasteiger partial charge in [0.1, 0.15) is 46.8 Å². The molecule has 0 radical (unpaired) electrons. The summed E-state index contributed by atoms with van der Waals surface area (Å²) in [7, 11) is -14.1. The number of hydrogen-bond donors (Lipinski definition) is 17. The predicted molar refractivity (Wildman–Crippen MR) is 493 cm³/mol. The third kappa shape index (κ3) is 31.3. The lowest BCUT2D eigenvalue weighted by Crippen LogP contribution is -2.55. The standard InChI is InChI=1S/C87H114N20O25S3/c1-9-64(83(122)88-19-11-25-107-45-63(78(119)61-16-14-59(39-70(61)107)41-96-87-91-22-23-92-87)82(121)94-43-67(85(124)125)101-135(131,132)80-55(6)36-52(3)37-56(80)7)97-72(110)18-17-65(98-73(111)46-102-26-28-103(47-74(112)113)30-32-105(49-76(116)117)33-31-104(29-27-102)48-75(114)115)84(123)99-68(50-133(126,127)128)71(109)12-10-24-106-44-62(77(118)60-15-13-58(38-69(60)106)40-95-86-89-20-21-90-86)81(120)93-42-66(57(8)108)100-134(129,130)79-53(4)34-51(2)35-54(79)5/h13-16,20-23,34-39,44-45,64-68,100-101H,9-12,17-19,24-33,40-43,46-50H2,1-8H3,(H,88,122)(H,93,120)(H,94,121)(H,97,110)(H,98,111)(H,99,123)(H,112,113)(H,114,115)(H,116,117)(H,124,125)(H2,89,90,95)(H2,91,92,96)(H,126,127,128)/t64-,65-,66?,67?,68-/m0/s1. The first kappa shape index (κ1) is 106. The van der Waals surface area contributed by atoms with Crippen molar-refractivity contribution in [2.45, 2.75) is 160 Å². The number of hydrogen-bond acceptors (Lipinski definition) is 28. The molecule has 0 bridgehead atoms. The minimum atomic E-state index is -5.21.